The Morgan fingerprint density at radius 3 is 2.69 bits per heavy atom. The van der Waals surface area contributed by atoms with Crippen molar-refractivity contribution in [2.75, 3.05) is 30.0 Å². The van der Waals surface area contributed by atoms with Crippen LogP contribution in [-0.4, -0.2) is 59.2 Å². The van der Waals surface area contributed by atoms with Crippen molar-refractivity contribution in [3.63, 3.8) is 0 Å². The standard InChI is InChI=1S/C18H29N5O2S/c1-12(24)19-15(7-10-26-2)18(25)20-14-5-8-23(9-6-14)17-11-16(21-22-17)13-3-4-13/h11,13-15H,3-10H2,1-2H3,(H,19,24)(H,20,25)(H,21,22). The average molecular weight is 380 g/mol. The highest BCUT2D eigenvalue weighted by atomic mass is 32.2. The van der Waals surface area contributed by atoms with Crippen LogP contribution in [-0.2, 0) is 9.59 Å². The zero-order valence-corrected chi connectivity index (χ0v) is 16.4. The number of nitrogens with zero attached hydrogens (tertiary/aromatic N) is 2. The molecular weight excluding hydrogens is 350 g/mol. The Hall–Kier alpha value is -1.70. The molecule has 2 aliphatic rings. The summed E-state index contributed by atoms with van der Waals surface area (Å²) in [4.78, 5) is 26.2. The van der Waals surface area contributed by atoms with Crippen molar-refractivity contribution in [3.05, 3.63) is 11.8 Å². The summed E-state index contributed by atoms with van der Waals surface area (Å²) >= 11 is 1.68. The zero-order valence-electron chi connectivity index (χ0n) is 15.6. The third-order valence-corrected chi connectivity index (χ3v) is 5.72. The molecule has 144 valence electrons. The van der Waals surface area contributed by atoms with Crippen LogP contribution in [0.5, 0.6) is 0 Å². The van der Waals surface area contributed by atoms with E-state index in [1.807, 2.05) is 6.26 Å². The minimum Gasteiger partial charge on any atom is -0.355 e. The molecule has 0 spiro atoms. The van der Waals surface area contributed by atoms with Crippen LogP contribution in [0.2, 0.25) is 0 Å². The van der Waals surface area contributed by atoms with Gasteiger partial charge in [0.15, 0.2) is 5.82 Å². The summed E-state index contributed by atoms with van der Waals surface area (Å²) in [5.74, 6) is 2.32. The van der Waals surface area contributed by atoms with Crippen LogP contribution in [0.3, 0.4) is 0 Å². The number of aromatic amines is 1. The molecule has 0 radical (unpaired) electrons. The molecule has 3 N–H and O–H groups in total. The molecule has 26 heavy (non-hydrogen) atoms. The van der Waals surface area contributed by atoms with Crippen LogP contribution in [0.1, 0.15) is 50.6 Å². The van der Waals surface area contributed by atoms with E-state index in [9.17, 15) is 9.59 Å². The monoisotopic (exact) mass is 379 g/mol. The van der Waals surface area contributed by atoms with Gasteiger partial charge < -0.3 is 15.5 Å². The lowest BCUT2D eigenvalue weighted by Crippen LogP contribution is -2.52. The summed E-state index contributed by atoms with van der Waals surface area (Å²) in [6.45, 7) is 3.22. The van der Waals surface area contributed by atoms with Crippen molar-refractivity contribution in [2.24, 2.45) is 0 Å². The Bertz CT molecular complexity index is 623. The summed E-state index contributed by atoms with van der Waals surface area (Å²) in [7, 11) is 0. The van der Waals surface area contributed by atoms with Gasteiger partial charge in [0.25, 0.3) is 0 Å². The summed E-state index contributed by atoms with van der Waals surface area (Å²) < 4.78 is 0. The SMILES string of the molecule is CSCCC(NC(C)=O)C(=O)NC1CCN(c2cc(C3CC3)[nH]n2)CC1. The highest BCUT2D eigenvalue weighted by Crippen LogP contribution is 2.40. The van der Waals surface area contributed by atoms with E-state index in [1.54, 1.807) is 11.8 Å². The van der Waals surface area contributed by atoms with Gasteiger partial charge in [0.1, 0.15) is 6.04 Å². The van der Waals surface area contributed by atoms with Crippen LogP contribution in [0.4, 0.5) is 5.82 Å². The number of thioether (sulfide) groups is 1. The predicted octanol–water partition coefficient (Wildman–Crippen LogP) is 1.63. The molecule has 1 aromatic rings. The van der Waals surface area contributed by atoms with Crippen LogP contribution in [0.15, 0.2) is 6.07 Å². The largest absolute Gasteiger partial charge is 0.355 e. The number of hydrogen-bond donors (Lipinski definition) is 3. The number of aromatic nitrogens is 2. The van der Waals surface area contributed by atoms with E-state index in [0.717, 1.165) is 37.5 Å². The molecule has 7 nitrogen and oxygen atoms in total. The molecule has 1 aromatic heterocycles. The summed E-state index contributed by atoms with van der Waals surface area (Å²) in [6, 6.07) is 1.89. The Morgan fingerprint density at radius 2 is 2.08 bits per heavy atom. The highest BCUT2D eigenvalue weighted by Gasteiger charge is 2.28. The first-order valence-electron chi connectivity index (χ1n) is 9.43. The fourth-order valence-corrected chi connectivity index (χ4v) is 3.87. The molecule has 2 fully saturated rings. The van der Waals surface area contributed by atoms with Crippen molar-refractivity contribution in [2.45, 2.75) is 57.0 Å². The Balaban J connectivity index is 1.47. The number of H-pyrrole nitrogens is 1. The minimum atomic E-state index is -0.439. The van der Waals surface area contributed by atoms with E-state index in [1.165, 1.54) is 25.5 Å². The predicted molar refractivity (Wildman–Crippen MR) is 105 cm³/mol. The smallest absolute Gasteiger partial charge is 0.242 e. The molecule has 0 bridgehead atoms. The number of piperidine rings is 1. The summed E-state index contributed by atoms with van der Waals surface area (Å²) in [5, 5.41) is 13.5. The second-order valence-electron chi connectivity index (χ2n) is 7.26. The van der Waals surface area contributed by atoms with E-state index in [2.05, 4.69) is 31.8 Å². The van der Waals surface area contributed by atoms with E-state index >= 15 is 0 Å². The molecule has 2 amide bonds. The van der Waals surface area contributed by atoms with Crippen LogP contribution in [0, 0.1) is 0 Å². The number of anilines is 1. The number of hydrogen-bond acceptors (Lipinski definition) is 5. The number of rotatable bonds is 8. The van der Waals surface area contributed by atoms with Crippen molar-refractivity contribution in [1.29, 1.82) is 0 Å². The van der Waals surface area contributed by atoms with Gasteiger partial charge in [0.2, 0.25) is 11.8 Å². The number of carbonyl (C=O) groups excluding carboxylic acids is 2. The minimum absolute atomic E-state index is 0.0662. The molecule has 1 aliphatic heterocycles. The fourth-order valence-electron chi connectivity index (χ4n) is 3.40. The number of nitrogens with one attached hydrogen (secondary N) is 3. The number of amides is 2. The summed E-state index contributed by atoms with van der Waals surface area (Å²) in [6.07, 6.45) is 6.98. The zero-order chi connectivity index (χ0) is 18.5. The first-order valence-corrected chi connectivity index (χ1v) is 10.8. The molecule has 0 aromatic carbocycles. The quantitative estimate of drug-likeness (QED) is 0.639. The van der Waals surface area contributed by atoms with Gasteiger partial charge in [-0.2, -0.15) is 16.9 Å². The molecule has 1 unspecified atom stereocenters. The lowest BCUT2D eigenvalue weighted by molar-refractivity contribution is -0.128. The second kappa shape index (κ2) is 8.79. The van der Waals surface area contributed by atoms with Crippen LogP contribution in [0.25, 0.3) is 0 Å². The van der Waals surface area contributed by atoms with Crippen LogP contribution < -0.4 is 15.5 Å². The van der Waals surface area contributed by atoms with E-state index in [0.29, 0.717) is 12.3 Å². The van der Waals surface area contributed by atoms with E-state index < -0.39 is 6.04 Å². The van der Waals surface area contributed by atoms with Gasteiger partial charge in [-0.1, -0.05) is 0 Å². The third-order valence-electron chi connectivity index (χ3n) is 5.07. The van der Waals surface area contributed by atoms with Crippen molar-refractivity contribution in [1.82, 2.24) is 20.8 Å². The van der Waals surface area contributed by atoms with Crippen molar-refractivity contribution < 1.29 is 9.59 Å². The van der Waals surface area contributed by atoms with Gasteiger partial charge >= 0.3 is 0 Å². The molecule has 3 rings (SSSR count). The normalized spacial score (nSPS) is 19.2. The molecule has 8 heteroatoms. The van der Waals surface area contributed by atoms with Gasteiger partial charge in [-0.15, -0.1) is 0 Å². The molecule has 2 heterocycles. The van der Waals surface area contributed by atoms with Gasteiger partial charge in [0.05, 0.1) is 0 Å². The highest BCUT2D eigenvalue weighted by molar-refractivity contribution is 7.98. The molecule has 1 saturated carbocycles. The Morgan fingerprint density at radius 1 is 1.35 bits per heavy atom. The van der Waals surface area contributed by atoms with Gasteiger partial charge in [-0.3, -0.25) is 14.7 Å². The van der Waals surface area contributed by atoms with Gasteiger partial charge in [-0.25, -0.2) is 0 Å². The lowest BCUT2D eigenvalue weighted by Gasteiger charge is -2.33. The lowest BCUT2D eigenvalue weighted by atomic mass is 10.0. The van der Waals surface area contributed by atoms with E-state index in [4.69, 9.17) is 0 Å². The van der Waals surface area contributed by atoms with Gasteiger partial charge in [0, 0.05) is 43.7 Å². The van der Waals surface area contributed by atoms with E-state index in [-0.39, 0.29) is 17.9 Å². The first-order chi connectivity index (χ1) is 12.6. The Kier molecular flexibility index (Phi) is 6.45. The van der Waals surface area contributed by atoms with Crippen molar-refractivity contribution >= 4 is 29.4 Å². The van der Waals surface area contributed by atoms with Crippen LogP contribution >= 0.6 is 11.8 Å². The van der Waals surface area contributed by atoms with Crippen molar-refractivity contribution in [3.8, 4) is 0 Å². The Labute approximate surface area is 159 Å². The molecule has 1 aliphatic carbocycles. The number of carbonyl (C=O) groups is 2. The van der Waals surface area contributed by atoms with Gasteiger partial charge in [-0.05, 0) is 44.1 Å². The maximum atomic E-state index is 12.5. The first kappa shape index (κ1) is 19.1. The maximum Gasteiger partial charge on any atom is 0.242 e. The molecule has 1 saturated heterocycles. The maximum absolute atomic E-state index is 12.5. The topological polar surface area (TPSA) is 90.1 Å². The second-order valence-corrected chi connectivity index (χ2v) is 8.25. The average Bonchev–Trinajstić information content (AvgIpc) is 3.36. The molecule has 1 atom stereocenters. The third kappa shape index (κ3) is 5.16. The molecular formula is C18H29N5O2S. The summed E-state index contributed by atoms with van der Waals surface area (Å²) in [5.41, 5.74) is 1.25. The fraction of sp³-hybridized carbons (Fsp3) is 0.722.